The van der Waals surface area contributed by atoms with E-state index in [2.05, 4.69) is 5.32 Å². The highest BCUT2D eigenvalue weighted by Crippen LogP contribution is 2.29. The smallest absolute Gasteiger partial charge is 0.264 e. The van der Waals surface area contributed by atoms with Crippen molar-refractivity contribution in [1.29, 1.82) is 0 Å². The minimum atomic E-state index is -4.32. The maximum Gasteiger partial charge on any atom is 0.264 e. The minimum absolute atomic E-state index is 0.00759. The molecule has 0 heterocycles. The predicted octanol–water partition coefficient (Wildman–Crippen LogP) is 6.54. The van der Waals surface area contributed by atoms with Crippen molar-refractivity contribution >= 4 is 39.1 Å². The Morgan fingerprint density at radius 3 is 2.09 bits per heavy atom. The van der Waals surface area contributed by atoms with Crippen LogP contribution >= 0.6 is 11.6 Å². The molecule has 0 bridgehead atoms. The van der Waals surface area contributed by atoms with E-state index in [4.69, 9.17) is 11.6 Å². The molecule has 10 heteroatoms. The molecule has 4 rings (SSSR count). The van der Waals surface area contributed by atoms with E-state index in [1.807, 2.05) is 82.3 Å². The third-order valence-electron chi connectivity index (χ3n) is 7.17. The van der Waals surface area contributed by atoms with Crippen molar-refractivity contribution in [3.8, 4) is 0 Å². The number of amides is 2. The monoisotopic (exact) mass is 649 g/mol. The summed E-state index contributed by atoms with van der Waals surface area (Å²) in [6, 6.07) is 27.0. The van der Waals surface area contributed by atoms with Crippen LogP contribution in [0.25, 0.3) is 0 Å². The van der Waals surface area contributed by atoms with Crippen LogP contribution in [0.15, 0.2) is 108 Å². The Kier molecular flexibility index (Phi) is 10.7. The van der Waals surface area contributed by atoms with Gasteiger partial charge in [0, 0.05) is 18.5 Å². The third kappa shape index (κ3) is 8.71. The Morgan fingerprint density at radius 2 is 1.49 bits per heavy atom. The lowest BCUT2D eigenvalue weighted by atomic mass is 10.00. The van der Waals surface area contributed by atoms with E-state index < -0.39 is 39.9 Å². The molecule has 0 saturated carbocycles. The normalized spacial score (nSPS) is 12.3. The summed E-state index contributed by atoms with van der Waals surface area (Å²) >= 11 is 6.08. The van der Waals surface area contributed by atoms with Crippen LogP contribution in [0.4, 0.5) is 10.1 Å². The summed E-state index contributed by atoms with van der Waals surface area (Å²) in [6.45, 7) is 6.84. The average Bonchev–Trinajstić information content (AvgIpc) is 3.00. The van der Waals surface area contributed by atoms with E-state index in [0.717, 1.165) is 27.1 Å². The lowest BCUT2D eigenvalue weighted by Gasteiger charge is -2.35. The van der Waals surface area contributed by atoms with Crippen LogP contribution in [-0.4, -0.2) is 43.3 Å². The standard InChI is InChI=1S/C35H37ClFN3O4S/c1-25-13-11-12-16-27(25)23-39(32(34(42)38-35(2,3)4)21-26-14-7-5-8-15-26)33(41)24-40(28-19-20-31(37)30(36)22-28)45(43,44)29-17-9-6-10-18-29/h5-20,22,32H,21,23-24H2,1-4H3,(H,38,42). The second-order valence-corrected chi connectivity index (χ2v) is 14.1. The number of hydrogen-bond donors (Lipinski definition) is 1. The van der Waals surface area contributed by atoms with E-state index in [9.17, 15) is 22.4 Å². The van der Waals surface area contributed by atoms with Crippen LogP contribution in [-0.2, 0) is 32.6 Å². The molecule has 236 valence electrons. The van der Waals surface area contributed by atoms with Crippen LogP contribution in [0.2, 0.25) is 5.02 Å². The Bertz CT molecular complexity index is 1750. The summed E-state index contributed by atoms with van der Waals surface area (Å²) in [5.74, 6) is -1.73. The summed E-state index contributed by atoms with van der Waals surface area (Å²) in [5.41, 5.74) is 1.94. The van der Waals surface area contributed by atoms with Gasteiger partial charge in [0.15, 0.2) is 0 Å². The van der Waals surface area contributed by atoms with Gasteiger partial charge in [0.25, 0.3) is 10.0 Å². The third-order valence-corrected chi connectivity index (χ3v) is 9.25. The van der Waals surface area contributed by atoms with Gasteiger partial charge in [-0.15, -0.1) is 0 Å². The highest BCUT2D eigenvalue weighted by molar-refractivity contribution is 7.92. The molecule has 1 unspecified atom stereocenters. The number of hydrogen-bond acceptors (Lipinski definition) is 4. The molecule has 0 aliphatic heterocycles. The van der Waals surface area contributed by atoms with Gasteiger partial charge in [-0.1, -0.05) is 84.4 Å². The highest BCUT2D eigenvalue weighted by atomic mass is 35.5. The first kappa shape index (κ1) is 33.7. The largest absolute Gasteiger partial charge is 0.350 e. The predicted molar refractivity (Wildman–Crippen MR) is 176 cm³/mol. The molecule has 4 aromatic rings. The number of halogens is 2. The second-order valence-electron chi connectivity index (χ2n) is 11.8. The first-order valence-corrected chi connectivity index (χ1v) is 16.3. The second kappa shape index (κ2) is 14.3. The summed E-state index contributed by atoms with van der Waals surface area (Å²) in [5, 5.41) is 2.71. The zero-order valence-electron chi connectivity index (χ0n) is 25.7. The molecule has 0 radical (unpaired) electrons. The summed E-state index contributed by atoms with van der Waals surface area (Å²) in [4.78, 5) is 29.8. The molecule has 0 fully saturated rings. The quantitative estimate of drug-likeness (QED) is 0.200. The molecular weight excluding hydrogens is 613 g/mol. The van der Waals surface area contributed by atoms with Crippen LogP contribution in [0.5, 0.6) is 0 Å². The fourth-order valence-corrected chi connectivity index (χ4v) is 6.47. The molecule has 0 aromatic heterocycles. The van der Waals surface area contributed by atoms with Crippen molar-refractivity contribution in [3.05, 3.63) is 131 Å². The van der Waals surface area contributed by atoms with Gasteiger partial charge >= 0.3 is 0 Å². The van der Waals surface area contributed by atoms with Gasteiger partial charge in [-0.3, -0.25) is 13.9 Å². The van der Waals surface area contributed by atoms with E-state index in [1.54, 1.807) is 18.2 Å². The molecule has 0 aliphatic rings. The lowest BCUT2D eigenvalue weighted by Crippen LogP contribution is -2.56. The molecule has 0 saturated heterocycles. The van der Waals surface area contributed by atoms with E-state index >= 15 is 0 Å². The van der Waals surface area contributed by atoms with Gasteiger partial charge in [0.05, 0.1) is 15.6 Å². The number of nitrogens with zero attached hydrogens (tertiary/aromatic N) is 2. The summed E-state index contributed by atoms with van der Waals surface area (Å²) in [6.07, 6.45) is 0.189. The number of carbonyl (C=O) groups is 2. The van der Waals surface area contributed by atoms with Crippen LogP contribution in [0, 0.1) is 12.7 Å². The molecule has 0 aliphatic carbocycles. The number of nitrogens with one attached hydrogen (secondary N) is 1. The number of anilines is 1. The molecule has 1 atom stereocenters. The lowest BCUT2D eigenvalue weighted by molar-refractivity contribution is -0.140. The van der Waals surface area contributed by atoms with Crippen molar-refractivity contribution in [3.63, 3.8) is 0 Å². The van der Waals surface area contributed by atoms with Gasteiger partial charge in [0.2, 0.25) is 11.8 Å². The van der Waals surface area contributed by atoms with E-state index in [1.165, 1.54) is 29.2 Å². The number of benzene rings is 4. The molecular formula is C35H37ClFN3O4S. The zero-order chi connectivity index (χ0) is 32.8. The van der Waals surface area contributed by atoms with Gasteiger partial charge in [-0.05, 0) is 74.7 Å². The Balaban J connectivity index is 1.84. The summed E-state index contributed by atoms with van der Waals surface area (Å²) in [7, 11) is -4.32. The molecule has 0 spiro atoms. The first-order valence-electron chi connectivity index (χ1n) is 14.5. The van der Waals surface area contributed by atoms with Crippen LogP contribution in [0.1, 0.15) is 37.5 Å². The van der Waals surface area contributed by atoms with Crippen molar-refractivity contribution < 1.29 is 22.4 Å². The Labute approximate surface area is 269 Å². The molecule has 2 amide bonds. The topological polar surface area (TPSA) is 86.8 Å². The van der Waals surface area contributed by atoms with Crippen LogP contribution < -0.4 is 9.62 Å². The Hall–Kier alpha value is -4.21. The SMILES string of the molecule is Cc1ccccc1CN(C(=O)CN(c1ccc(F)c(Cl)c1)S(=O)(=O)c1ccccc1)C(Cc1ccccc1)C(=O)NC(C)(C)C. The van der Waals surface area contributed by atoms with Gasteiger partial charge < -0.3 is 10.2 Å². The van der Waals surface area contributed by atoms with Crippen molar-refractivity contribution in [2.24, 2.45) is 0 Å². The number of aryl methyl sites for hydroxylation is 1. The minimum Gasteiger partial charge on any atom is -0.350 e. The van der Waals surface area contributed by atoms with E-state index in [-0.39, 0.29) is 34.5 Å². The van der Waals surface area contributed by atoms with Gasteiger partial charge in [-0.2, -0.15) is 0 Å². The van der Waals surface area contributed by atoms with Crippen molar-refractivity contribution in [2.75, 3.05) is 10.8 Å². The van der Waals surface area contributed by atoms with Gasteiger partial charge in [-0.25, -0.2) is 12.8 Å². The molecule has 45 heavy (non-hydrogen) atoms. The van der Waals surface area contributed by atoms with Crippen molar-refractivity contribution in [1.82, 2.24) is 10.2 Å². The molecule has 1 N–H and O–H groups in total. The number of sulfonamides is 1. The van der Waals surface area contributed by atoms with Gasteiger partial charge in [0.1, 0.15) is 18.4 Å². The molecule has 4 aromatic carbocycles. The first-order chi connectivity index (χ1) is 21.3. The summed E-state index contributed by atoms with van der Waals surface area (Å²) < 4.78 is 43.1. The highest BCUT2D eigenvalue weighted by Gasteiger charge is 2.36. The van der Waals surface area contributed by atoms with E-state index in [0.29, 0.717) is 0 Å². The maximum atomic E-state index is 14.5. The molecule has 7 nitrogen and oxygen atoms in total. The fourth-order valence-electron chi connectivity index (χ4n) is 4.87. The number of carbonyl (C=O) groups excluding carboxylic acids is 2. The Morgan fingerprint density at radius 1 is 0.889 bits per heavy atom. The fraction of sp³-hybridized carbons (Fsp3) is 0.257. The number of rotatable bonds is 11. The van der Waals surface area contributed by atoms with Crippen LogP contribution in [0.3, 0.4) is 0 Å². The van der Waals surface area contributed by atoms with Crippen molar-refractivity contribution in [2.45, 2.75) is 57.1 Å². The average molecular weight is 650 g/mol. The zero-order valence-corrected chi connectivity index (χ0v) is 27.3. The maximum absolute atomic E-state index is 14.5.